The average molecular weight is 312 g/mol. The van der Waals surface area contributed by atoms with Gasteiger partial charge in [-0.2, -0.15) is 0 Å². The van der Waals surface area contributed by atoms with Crippen molar-refractivity contribution in [3.63, 3.8) is 0 Å². The molecule has 0 aromatic heterocycles. The van der Waals surface area contributed by atoms with Crippen LogP contribution >= 0.6 is 0 Å². The molecule has 0 atom stereocenters. The van der Waals surface area contributed by atoms with Crippen LogP contribution in [0.1, 0.15) is 18.1 Å². The van der Waals surface area contributed by atoms with Crippen LogP contribution in [0.25, 0.3) is 0 Å². The van der Waals surface area contributed by atoms with Gasteiger partial charge in [-0.3, -0.25) is 0 Å². The highest BCUT2D eigenvalue weighted by atomic mass is 16.5. The van der Waals surface area contributed by atoms with Crippen molar-refractivity contribution < 1.29 is 14.7 Å². The first-order valence-electron chi connectivity index (χ1n) is 7.52. The maximum Gasteiger partial charge on any atom is 0.361 e. The summed E-state index contributed by atoms with van der Waals surface area (Å²) in [5.74, 6) is -0.626. The normalized spacial score (nSPS) is 11.1. The number of oxime groups is 1. The molecule has 0 saturated carbocycles. The first-order chi connectivity index (χ1) is 11.3. The van der Waals surface area contributed by atoms with Crippen molar-refractivity contribution in [2.24, 2.45) is 5.16 Å². The zero-order chi connectivity index (χ0) is 16.5. The number of benzene rings is 2. The predicted molar refractivity (Wildman–Crippen MR) is 90.0 cm³/mol. The number of para-hydroxylation sites is 1. The minimum Gasteiger partial charge on any atom is -0.461 e. The van der Waals surface area contributed by atoms with Crippen LogP contribution in [0.4, 0.5) is 5.69 Å². The van der Waals surface area contributed by atoms with Crippen molar-refractivity contribution >= 4 is 17.4 Å². The quantitative estimate of drug-likeness (QED) is 0.357. The van der Waals surface area contributed by atoms with Gasteiger partial charge in [0.25, 0.3) is 0 Å². The number of esters is 1. The van der Waals surface area contributed by atoms with E-state index in [0.717, 1.165) is 11.3 Å². The van der Waals surface area contributed by atoms with Crippen molar-refractivity contribution in [1.82, 2.24) is 0 Å². The minimum absolute atomic E-state index is 0.0674. The van der Waals surface area contributed by atoms with E-state index in [4.69, 9.17) is 4.74 Å². The van der Waals surface area contributed by atoms with E-state index in [0.29, 0.717) is 18.5 Å². The van der Waals surface area contributed by atoms with E-state index in [2.05, 4.69) is 10.5 Å². The van der Waals surface area contributed by atoms with Gasteiger partial charge >= 0.3 is 5.97 Å². The summed E-state index contributed by atoms with van der Waals surface area (Å²) in [6.45, 7) is 2.64. The Kier molecular flexibility index (Phi) is 6.17. The molecule has 0 bridgehead atoms. The molecule has 120 valence electrons. The summed E-state index contributed by atoms with van der Waals surface area (Å²) in [5, 5.41) is 15.6. The molecular formula is C18H20N2O3. The van der Waals surface area contributed by atoms with Gasteiger partial charge in [0.2, 0.25) is 0 Å². The van der Waals surface area contributed by atoms with Crippen molar-refractivity contribution in [2.75, 3.05) is 18.5 Å². The Morgan fingerprint density at radius 2 is 1.83 bits per heavy atom. The van der Waals surface area contributed by atoms with E-state index in [-0.39, 0.29) is 12.3 Å². The van der Waals surface area contributed by atoms with Crippen molar-refractivity contribution in [1.29, 1.82) is 0 Å². The van der Waals surface area contributed by atoms with Gasteiger partial charge < -0.3 is 15.3 Å². The van der Waals surface area contributed by atoms with Gasteiger partial charge in [0.1, 0.15) is 0 Å². The Hall–Kier alpha value is -2.82. The third-order valence-electron chi connectivity index (χ3n) is 3.34. The SMILES string of the molecule is CCOC(=O)C(=NO)c1ccccc1CCNc1ccccc1. The topological polar surface area (TPSA) is 70.9 Å². The molecule has 0 radical (unpaired) electrons. The predicted octanol–water partition coefficient (Wildman–Crippen LogP) is 3.08. The average Bonchev–Trinajstić information content (AvgIpc) is 2.58. The molecular weight excluding hydrogens is 292 g/mol. The lowest BCUT2D eigenvalue weighted by Gasteiger charge is -2.11. The zero-order valence-electron chi connectivity index (χ0n) is 13.0. The highest BCUT2D eigenvalue weighted by molar-refractivity contribution is 6.43. The number of nitrogens with zero attached hydrogens (tertiary/aromatic N) is 1. The van der Waals surface area contributed by atoms with Crippen molar-refractivity contribution in [2.45, 2.75) is 13.3 Å². The summed E-state index contributed by atoms with van der Waals surface area (Å²) in [5.41, 5.74) is 2.47. The van der Waals surface area contributed by atoms with Gasteiger partial charge in [-0.25, -0.2) is 4.79 Å². The molecule has 2 aromatic rings. The largest absolute Gasteiger partial charge is 0.461 e. The van der Waals surface area contributed by atoms with Crippen molar-refractivity contribution in [3.05, 3.63) is 65.7 Å². The summed E-state index contributed by atoms with van der Waals surface area (Å²) in [4.78, 5) is 11.9. The summed E-state index contributed by atoms with van der Waals surface area (Å²) in [6.07, 6.45) is 0.684. The van der Waals surface area contributed by atoms with Gasteiger partial charge in [0.05, 0.1) is 6.61 Å². The number of rotatable bonds is 7. The number of anilines is 1. The van der Waals surface area contributed by atoms with Crippen LogP contribution in [0.2, 0.25) is 0 Å². The molecule has 0 spiro atoms. The van der Waals surface area contributed by atoms with Crippen LogP contribution in [-0.2, 0) is 16.0 Å². The molecule has 23 heavy (non-hydrogen) atoms. The minimum atomic E-state index is -0.626. The Labute approximate surface area is 135 Å². The maximum absolute atomic E-state index is 11.9. The van der Waals surface area contributed by atoms with E-state index >= 15 is 0 Å². The summed E-state index contributed by atoms with van der Waals surface area (Å²) < 4.78 is 4.93. The Morgan fingerprint density at radius 3 is 2.52 bits per heavy atom. The number of carbonyl (C=O) groups excluding carboxylic acids is 1. The van der Waals surface area contributed by atoms with Crippen LogP contribution in [0.3, 0.4) is 0 Å². The molecule has 0 amide bonds. The van der Waals surface area contributed by atoms with Gasteiger partial charge in [-0.15, -0.1) is 0 Å². The molecule has 0 fully saturated rings. The molecule has 0 aliphatic heterocycles. The van der Waals surface area contributed by atoms with Gasteiger partial charge in [-0.1, -0.05) is 47.6 Å². The molecule has 0 aliphatic carbocycles. The van der Waals surface area contributed by atoms with Crippen LogP contribution < -0.4 is 5.32 Å². The standard InChI is InChI=1S/C18H20N2O3/c1-2-23-18(21)17(20-22)16-11-7-6-8-14(16)12-13-19-15-9-4-3-5-10-15/h3-11,19,22H,2,12-13H2,1H3. The van der Waals surface area contributed by atoms with Gasteiger partial charge in [-0.05, 0) is 31.0 Å². The molecule has 2 N–H and O–H groups in total. The number of nitrogens with one attached hydrogen (secondary N) is 1. The van der Waals surface area contributed by atoms with E-state index < -0.39 is 5.97 Å². The lowest BCUT2D eigenvalue weighted by Crippen LogP contribution is -2.21. The van der Waals surface area contributed by atoms with Gasteiger partial charge in [0.15, 0.2) is 5.71 Å². The van der Waals surface area contributed by atoms with E-state index in [1.54, 1.807) is 19.1 Å². The molecule has 5 heteroatoms. The Balaban J connectivity index is 2.09. The van der Waals surface area contributed by atoms with Crippen LogP contribution in [0.5, 0.6) is 0 Å². The molecule has 0 aliphatic rings. The van der Waals surface area contributed by atoms with E-state index in [9.17, 15) is 10.0 Å². The van der Waals surface area contributed by atoms with Gasteiger partial charge in [0, 0.05) is 17.8 Å². The van der Waals surface area contributed by atoms with Crippen molar-refractivity contribution in [3.8, 4) is 0 Å². The zero-order valence-corrected chi connectivity index (χ0v) is 13.0. The summed E-state index contributed by atoms with van der Waals surface area (Å²) in [7, 11) is 0. The Bertz CT molecular complexity index is 669. The number of hydrogen-bond acceptors (Lipinski definition) is 5. The monoisotopic (exact) mass is 312 g/mol. The second kappa shape index (κ2) is 8.58. The molecule has 0 heterocycles. The molecule has 5 nitrogen and oxygen atoms in total. The van der Waals surface area contributed by atoms with Crippen LogP contribution in [0.15, 0.2) is 59.8 Å². The molecule has 0 unspecified atom stereocenters. The second-order valence-electron chi connectivity index (χ2n) is 4.87. The third kappa shape index (κ3) is 4.57. The smallest absolute Gasteiger partial charge is 0.361 e. The number of carbonyl (C=O) groups is 1. The highest BCUT2D eigenvalue weighted by Gasteiger charge is 2.18. The Morgan fingerprint density at radius 1 is 1.13 bits per heavy atom. The molecule has 2 aromatic carbocycles. The number of ether oxygens (including phenoxy) is 1. The third-order valence-corrected chi connectivity index (χ3v) is 3.34. The van der Waals surface area contributed by atoms with E-state index in [1.165, 1.54) is 0 Å². The fourth-order valence-corrected chi connectivity index (χ4v) is 2.27. The lowest BCUT2D eigenvalue weighted by atomic mass is 10.0. The highest BCUT2D eigenvalue weighted by Crippen LogP contribution is 2.13. The maximum atomic E-state index is 11.9. The lowest BCUT2D eigenvalue weighted by molar-refractivity contribution is -0.135. The number of hydrogen-bond donors (Lipinski definition) is 2. The van der Waals surface area contributed by atoms with Crippen LogP contribution in [-0.4, -0.2) is 30.0 Å². The van der Waals surface area contributed by atoms with Crippen LogP contribution in [0, 0.1) is 0 Å². The summed E-state index contributed by atoms with van der Waals surface area (Å²) in [6, 6.07) is 17.2. The molecule has 0 saturated heterocycles. The summed E-state index contributed by atoms with van der Waals surface area (Å²) >= 11 is 0. The first kappa shape index (κ1) is 16.5. The fraction of sp³-hybridized carbons (Fsp3) is 0.222. The second-order valence-corrected chi connectivity index (χ2v) is 4.87. The first-order valence-corrected chi connectivity index (χ1v) is 7.52. The molecule has 2 rings (SSSR count). The fourth-order valence-electron chi connectivity index (χ4n) is 2.27. The van der Waals surface area contributed by atoms with E-state index in [1.807, 2.05) is 42.5 Å².